The van der Waals surface area contributed by atoms with E-state index in [1.165, 1.54) is 5.56 Å². The zero-order chi connectivity index (χ0) is 16.4. The quantitative estimate of drug-likeness (QED) is 0.439. The van der Waals surface area contributed by atoms with Crippen LogP contribution in [0.5, 0.6) is 5.75 Å². The van der Waals surface area contributed by atoms with Crippen LogP contribution >= 0.6 is 11.8 Å². The molecule has 4 nitrogen and oxygen atoms in total. The zero-order valence-electron chi connectivity index (χ0n) is 14.4. The molecule has 0 aliphatic rings. The van der Waals surface area contributed by atoms with Gasteiger partial charge >= 0.3 is 0 Å². The number of hydrogen-bond donors (Lipinski definition) is 2. The van der Waals surface area contributed by atoms with Gasteiger partial charge in [0.15, 0.2) is 5.96 Å². The highest BCUT2D eigenvalue weighted by atomic mass is 32.2. The molecule has 0 radical (unpaired) electrons. The molecule has 0 aliphatic heterocycles. The minimum Gasteiger partial charge on any atom is -0.497 e. The highest BCUT2D eigenvalue weighted by Crippen LogP contribution is 2.25. The van der Waals surface area contributed by atoms with E-state index in [2.05, 4.69) is 49.8 Å². The lowest BCUT2D eigenvalue weighted by atomic mass is 9.85. The van der Waals surface area contributed by atoms with Crippen molar-refractivity contribution in [2.45, 2.75) is 26.2 Å². The third-order valence-corrected chi connectivity index (χ3v) is 4.06. The van der Waals surface area contributed by atoms with Crippen molar-refractivity contribution in [3.05, 3.63) is 29.8 Å². The molecule has 124 valence electrons. The fourth-order valence-electron chi connectivity index (χ4n) is 2.02. The van der Waals surface area contributed by atoms with Crippen molar-refractivity contribution in [3.63, 3.8) is 0 Å². The van der Waals surface area contributed by atoms with Crippen molar-refractivity contribution < 1.29 is 4.74 Å². The van der Waals surface area contributed by atoms with Crippen molar-refractivity contribution in [1.82, 2.24) is 10.6 Å². The lowest BCUT2D eigenvalue weighted by molar-refractivity contribution is 0.414. The van der Waals surface area contributed by atoms with Gasteiger partial charge < -0.3 is 15.4 Å². The van der Waals surface area contributed by atoms with Gasteiger partial charge in [0, 0.05) is 24.3 Å². The van der Waals surface area contributed by atoms with E-state index in [4.69, 9.17) is 9.73 Å². The van der Waals surface area contributed by atoms with Gasteiger partial charge in [-0.15, -0.1) is 0 Å². The Hall–Kier alpha value is -1.36. The average molecular weight is 324 g/mol. The predicted molar refractivity (Wildman–Crippen MR) is 98.4 cm³/mol. The van der Waals surface area contributed by atoms with E-state index in [1.807, 2.05) is 23.9 Å². The summed E-state index contributed by atoms with van der Waals surface area (Å²) in [6.07, 6.45) is 2.11. The number of thioether (sulfide) groups is 1. The molecule has 0 saturated heterocycles. The van der Waals surface area contributed by atoms with E-state index in [-0.39, 0.29) is 5.41 Å². The van der Waals surface area contributed by atoms with E-state index in [0.717, 1.165) is 37.1 Å². The molecule has 0 amide bonds. The van der Waals surface area contributed by atoms with Gasteiger partial charge in [-0.2, -0.15) is 11.8 Å². The smallest absolute Gasteiger partial charge is 0.191 e. The van der Waals surface area contributed by atoms with E-state index in [0.29, 0.717) is 0 Å². The predicted octanol–water partition coefficient (Wildman–Crippen LogP) is 2.89. The van der Waals surface area contributed by atoms with Crippen molar-refractivity contribution in [2.75, 3.05) is 38.8 Å². The molecule has 5 heteroatoms. The van der Waals surface area contributed by atoms with Crippen LogP contribution in [0, 0.1) is 0 Å². The number of aliphatic imine (C=N–C) groups is 1. The molecule has 1 aromatic rings. The Morgan fingerprint density at radius 1 is 1.23 bits per heavy atom. The van der Waals surface area contributed by atoms with Gasteiger partial charge in [-0.25, -0.2) is 0 Å². The molecule has 0 aliphatic carbocycles. The second-order valence-electron chi connectivity index (χ2n) is 5.73. The number of hydrogen-bond acceptors (Lipinski definition) is 3. The van der Waals surface area contributed by atoms with E-state index >= 15 is 0 Å². The number of nitrogens with zero attached hydrogens (tertiary/aromatic N) is 1. The summed E-state index contributed by atoms with van der Waals surface area (Å²) in [5.41, 5.74) is 1.24. The Balaban J connectivity index is 2.71. The molecule has 0 unspecified atom stereocenters. The highest BCUT2D eigenvalue weighted by Gasteiger charge is 2.20. The van der Waals surface area contributed by atoms with Crippen molar-refractivity contribution >= 4 is 17.7 Å². The molecule has 0 spiro atoms. The summed E-state index contributed by atoms with van der Waals surface area (Å²) >= 11 is 1.83. The first kappa shape index (κ1) is 18.7. The topological polar surface area (TPSA) is 45.7 Å². The lowest BCUT2D eigenvalue weighted by Gasteiger charge is -2.24. The summed E-state index contributed by atoms with van der Waals surface area (Å²) in [6.45, 7) is 9.03. The first-order valence-corrected chi connectivity index (χ1v) is 9.08. The molecule has 0 fully saturated rings. The van der Waals surface area contributed by atoms with Crippen LogP contribution in [0.3, 0.4) is 0 Å². The lowest BCUT2D eigenvalue weighted by Crippen LogP contribution is -2.39. The van der Waals surface area contributed by atoms with Gasteiger partial charge in [0.05, 0.1) is 13.7 Å². The van der Waals surface area contributed by atoms with Crippen LogP contribution in [0.1, 0.15) is 26.3 Å². The first-order valence-electron chi connectivity index (χ1n) is 7.69. The van der Waals surface area contributed by atoms with Crippen LogP contribution in [0.15, 0.2) is 29.3 Å². The van der Waals surface area contributed by atoms with Crippen LogP contribution in [0.4, 0.5) is 0 Å². The highest BCUT2D eigenvalue weighted by molar-refractivity contribution is 7.98. The second-order valence-corrected chi connectivity index (χ2v) is 6.71. The maximum absolute atomic E-state index is 5.22. The van der Waals surface area contributed by atoms with E-state index < -0.39 is 0 Å². The number of guanidine groups is 1. The molecule has 2 N–H and O–H groups in total. The molecular formula is C17H29N3OS. The molecule has 0 bridgehead atoms. The largest absolute Gasteiger partial charge is 0.497 e. The number of methoxy groups -OCH3 is 1. The summed E-state index contributed by atoms with van der Waals surface area (Å²) in [5.74, 6) is 2.85. The molecular weight excluding hydrogens is 294 g/mol. The Labute approximate surface area is 139 Å². The Morgan fingerprint density at radius 3 is 2.45 bits per heavy atom. The average Bonchev–Trinajstić information content (AvgIpc) is 2.53. The molecule has 0 heterocycles. The Bertz CT molecular complexity index is 457. The third-order valence-electron chi connectivity index (χ3n) is 3.45. The molecule has 0 aromatic heterocycles. The fraction of sp³-hybridized carbons (Fsp3) is 0.588. The second kappa shape index (κ2) is 9.62. The van der Waals surface area contributed by atoms with Gasteiger partial charge in [0.2, 0.25) is 0 Å². The minimum absolute atomic E-state index is 0.0197. The van der Waals surface area contributed by atoms with Gasteiger partial charge in [-0.1, -0.05) is 26.0 Å². The van der Waals surface area contributed by atoms with Crippen LogP contribution in [-0.2, 0) is 5.41 Å². The summed E-state index contributed by atoms with van der Waals surface area (Å²) < 4.78 is 5.22. The molecule has 0 atom stereocenters. The van der Waals surface area contributed by atoms with Crippen molar-refractivity contribution in [2.24, 2.45) is 4.99 Å². The summed E-state index contributed by atoms with van der Waals surface area (Å²) in [7, 11) is 1.69. The SMILES string of the molecule is CCNC(=NCC(C)(C)c1ccc(OC)cc1)NCCSC. The molecule has 1 rings (SSSR count). The standard InChI is InChI=1S/C17H29N3OS/c1-6-18-16(19-11-12-22-5)20-13-17(2,3)14-7-9-15(21-4)10-8-14/h7-10H,6,11-13H2,1-5H3,(H2,18,19,20). The summed E-state index contributed by atoms with van der Waals surface area (Å²) in [4.78, 5) is 4.73. The van der Waals surface area contributed by atoms with Gasteiger partial charge in [0.1, 0.15) is 5.75 Å². The van der Waals surface area contributed by atoms with E-state index in [1.54, 1.807) is 7.11 Å². The zero-order valence-corrected chi connectivity index (χ0v) is 15.2. The Morgan fingerprint density at radius 2 is 1.91 bits per heavy atom. The first-order chi connectivity index (χ1) is 10.5. The Kier molecular flexibility index (Phi) is 8.17. The fourth-order valence-corrected chi connectivity index (χ4v) is 2.33. The maximum Gasteiger partial charge on any atom is 0.191 e. The number of ether oxygens (including phenoxy) is 1. The normalized spacial score (nSPS) is 12.1. The number of benzene rings is 1. The molecule has 0 saturated carbocycles. The van der Waals surface area contributed by atoms with Crippen LogP contribution in [-0.4, -0.2) is 44.7 Å². The van der Waals surface area contributed by atoms with Crippen LogP contribution in [0.25, 0.3) is 0 Å². The van der Waals surface area contributed by atoms with Gasteiger partial charge in [0.25, 0.3) is 0 Å². The number of nitrogens with one attached hydrogen (secondary N) is 2. The van der Waals surface area contributed by atoms with Gasteiger partial charge in [-0.3, -0.25) is 4.99 Å². The molecule has 1 aromatic carbocycles. The molecule has 22 heavy (non-hydrogen) atoms. The van der Waals surface area contributed by atoms with Crippen molar-refractivity contribution in [1.29, 1.82) is 0 Å². The summed E-state index contributed by atoms with van der Waals surface area (Å²) in [6, 6.07) is 8.23. The van der Waals surface area contributed by atoms with Crippen molar-refractivity contribution in [3.8, 4) is 5.75 Å². The summed E-state index contributed by atoms with van der Waals surface area (Å²) in [5, 5.41) is 6.66. The van der Waals surface area contributed by atoms with Gasteiger partial charge in [-0.05, 0) is 30.9 Å². The van der Waals surface area contributed by atoms with Crippen LogP contribution < -0.4 is 15.4 Å². The minimum atomic E-state index is -0.0197. The monoisotopic (exact) mass is 323 g/mol. The van der Waals surface area contributed by atoms with Crippen LogP contribution in [0.2, 0.25) is 0 Å². The maximum atomic E-state index is 5.22. The number of rotatable bonds is 8. The third kappa shape index (κ3) is 6.18. The van der Waals surface area contributed by atoms with E-state index in [9.17, 15) is 0 Å².